The number of furan rings is 1. The predicted octanol–water partition coefficient (Wildman–Crippen LogP) is 2.76. The number of para-hydroxylation sites is 1. The van der Waals surface area contributed by atoms with Crippen LogP contribution < -0.4 is 0 Å². The number of likely N-dealkylation sites (tertiary alicyclic amines) is 1. The van der Waals surface area contributed by atoms with E-state index in [0.29, 0.717) is 30.0 Å². The van der Waals surface area contributed by atoms with E-state index in [-0.39, 0.29) is 12.5 Å². The van der Waals surface area contributed by atoms with Gasteiger partial charge in [0.1, 0.15) is 11.3 Å². The van der Waals surface area contributed by atoms with Gasteiger partial charge in [-0.1, -0.05) is 18.2 Å². The molecule has 1 atom stereocenters. The molecular weight excluding hydrogens is 322 g/mol. The molecule has 1 amide bonds. The smallest absolute Gasteiger partial charge is 0.311 e. The Morgan fingerprint density at radius 3 is 2.88 bits per heavy atom. The highest BCUT2D eigenvalue weighted by atomic mass is 16.4. The Hall–Kier alpha value is -3.09. The summed E-state index contributed by atoms with van der Waals surface area (Å²) >= 11 is 0. The van der Waals surface area contributed by atoms with Crippen LogP contribution in [0.15, 0.2) is 40.9 Å². The summed E-state index contributed by atoms with van der Waals surface area (Å²) in [6, 6.07) is 9.43. The molecule has 0 bridgehead atoms. The second kappa shape index (κ2) is 5.47. The summed E-state index contributed by atoms with van der Waals surface area (Å²) in [6.07, 6.45) is 1.90. The Labute approximate surface area is 143 Å². The Kier molecular flexibility index (Phi) is 3.38. The highest BCUT2D eigenvalue weighted by Gasteiger charge is 2.42. The molecule has 3 aromatic rings. The zero-order chi connectivity index (χ0) is 17.6. The number of hydrogen-bond acceptors (Lipinski definition) is 4. The van der Waals surface area contributed by atoms with Crippen LogP contribution in [0.4, 0.5) is 0 Å². The minimum atomic E-state index is -0.904. The minimum Gasteiger partial charge on any atom is -0.481 e. The number of carbonyl (C=O) groups excluding carboxylic acids is 1. The summed E-state index contributed by atoms with van der Waals surface area (Å²) in [4.78, 5) is 25.8. The van der Waals surface area contributed by atoms with Gasteiger partial charge in [-0.05, 0) is 25.5 Å². The number of hydrogen-bond donors (Lipinski definition) is 2. The van der Waals surface area contributed by atoms with Gasteiger partial charge in [0.2, 0.25) is 0 Å². The fraction of sp³-hybridized carbons (Fsp3) is 0.278. The lowest BCUT2D eigenvalue weighted by Gasteiger charge is -2.20. The highest BCUT2D eigenvalue weighted by Crippen LogP contribution is 2.33. The number of carboxylic acids is 1. The topological polar surface area (TPSA) is 99.4 Å². The largest absolute Gasteiger partial charge is 0.481 e. The number of carboxylic acid groups (broad SMARTS) is 1. The number of aliphatic carboxylic acids is 1. The molecule has 0 aliphatic carbocycles. The van der Waals surface area contributed by atoms with E-state index in [2.05, 4.69) is 10.2 Å². The van der Waals surface area contributed by atoms with Gasteiger partial charge in [-0.15, -0.1) is 0 Å². The molecule has 1 fully saturated rings. The maximum Gasteiger partial charge on any atom is 0.311 e. The fourth-order valence-electron chi connectivity index (χ4n) is 3.22. The number of aromatic nitrogens is 2. The number of carbonyl (C=O) groups is 2. The van der Waals surface area contributed by atoms with Crippen molar-refractivity contribution in [2.24, 2.45) is 5.41 Å². The third kappa shape index (κ3) is 2.48. The fourth-order valence-corrected chi connectivity index (χ4v) is 3.22. The molecule has 25 heavy (non-hydrogen) atoms. The van der Waals surface area contributed by atoms with Gasteiger partial charge >= 0.3 is 5.97 Å². The number of rotatable bonds is 3. The second-order valence-electron chi connectivity index (χ2n) is 6.65. The maximum atomic E-state index is 12.9. The van der Waals surface area contributed by atoms with Gasteiger partial charge in [0, 0.05) is 18.5 Å². The molecule has 2 aromatic heterocycles. The van der Waals surface area contributed by atoms with E-state index >= 15 is 0 Å². The third-order valence-corrected chi connectivity index (χ3v) is 4.82. The van der Waals surface area contributed by atoms with Crippen LogP contribution in [0.2, 0.25) is 0 Å². The van der Waals surface area contributed by atoms with Crippen LogP contribution in [0.1, 0.15) is 23.7 Å². The van der Waals surface area contributed by atoms with Crippen molar-refractivity contribution >= 4 is 22.8 Å². The molecule has 7 nitrogen and oxygen atoms in total. The highest BCUT2D eigenvalue weighted by molar-refractivity contribution is 6.00. The molecule has 3 heterocycles. The van der Waals surface area contributed by atoms with Gasteiger partial charge in [0.25, 0.3) is 5.91 Å². The first-order chi connectivity index (χ1) is 12.0. The molecule has 1 saturated heterocycles. The summed E-state index contributed by atoms with van der Waals surface area (Å²) < 4.78 is 5.81. The summed E-state index contributed by atoms with van der Waals surface area (Å²) in [5, 5.41) is 17.1. The Morgan fingerprint density at radius 1 is 1.36 bits per heavy atom. The van der Waals surface area contributed by atoms with Gasteiger partial charge in [-0.25, -0.2) is 0 Å². The van der Waals surface area contributed by atoms with E-state index in [4.69, 9.17) is 4.42 Å². The first kappa shape index (κ1) is 15.4. The number of fused-ring (bicyclic) bond motifs is 1. The van der Waals surface area contributed by atoms with E-state index in [0.717, 1.165) is 11.0 Å². The van der Waals surface area contributed by atoms with Gasteiger partial charge in [0.05, 0.1) is 17.2 Å². The molecule has 0 saturated carbocycles. The van der Waals surface area contributed by atoms with Crippen molar-refractivity contribution in [3.8, 4) is 11.5 Å². The predicted molar refractivity (Wildman–Crippen MR) is 90.1 cm³/mol. The Bertz CT molecular complexity index is 941. The van der Waals surface area contributed by atoms with Crippen LogP contribution in [0.25, 0.3) is 22.4 Å². The first-order valence-electron chi connectivity index (χ1n) is 8.03. The number of nitrogens with zero attached hydrogens (tertiary/aromatic N) is 2. The number of amides is 1. The average Bonchev–Trinajstić information content (AvgIpc) is 3.31. The van der Waals surface area contributed by atoms with Crippen molar-refractivity contribution in [1.29, 1.82) is 0 Å². The lowest BCUT2D eigenvalue weighted by Crippen LogP contribution is -2.34. The molecule has 1 aliphatic rings. The van der Waals surface area contributed by atoms with Crippen molar-refractivity contribution in [2.45, 2.75) is 13.3 Å². The number of nitrogens with one attached hydrogen (secondary N) is 1. The van der Waals surface area contributed by atoms with Crippen LogP contribution >= 0.6 is 0 Å². The first-order valence-corrected chi connectivity index (χ1v) is 8.03. The number of benzene rings is 1. The molecule has 2 N–H and O–H groups in total. The van der Waals surface area contributed by atoms with Crippen molar-refractivity contribution in [1.82, 2.24) is 15.1 Å². The average molecular weight is 339 g/mol. The van der Waals surface area contributed by atoms with Crippen molar-refractivity contribution in [3.63, 3.8) is 0 Å². The van der Waals surface area contributed by atoms with Crippen LogP contribution in [-0.4, -0.2) is 45.2 Å². The third-order valence-electron chi connectivity index (χ3n) is 4.82. The van der Waals surface area contributed by atoms with Gasteiger partial charge in [-0.2, -0.15) is 5.10 Å². The lowest BCUT2D eigenvalue weighted by atomic mass is 9.90. The number of aromatic amines is 1. The van der Waals surface area contributed by atoms with E-state index in [1.165, 1.54) is 6.20 Å². The molecule has 1 unspecified atom stereocenters. The molecule has 4 rings (SSSR count). The Morgan fingerprint density at radius 2 is 2.16 bits per heavy atom. The van der Waals surface area contributed by atoms with E-state index in [1.54, 1.807) is 11.8 Å². The number of H-pyrrole nitrogens is 1. The van der Waals surface area contributed by atoms with Crippen molar-refractivity contribution in [3.05, 3.63) is 42.1 Å². The zero-order valence-corrected chi connectivity index (χ0v) is 13.7. The van der Waals surface area contributed by atoms with E-state index in [1.807, 2.05) is 30.3 Å². The minimum absolute atomic E-state index is 0.186. The SMILES string of the molecule is CC1(C(=O)O)CCN(C(=O)c2cn[nH]c2-c2cc3ccccc3o2)C1. The molecule has 128 valence electrons. The molecule has 7 heteroatoms. The maximum absolute atomic E-state index is 12.9. The molecule has 1 aromatic carbocycles. The van der Waals surface area contributed by atoms with Crippen LogP contribution in [0.5, 0.6) is 0 Å². The summed E-state index contributed by atoms with van der Waals surface area (Å²) in [5.74, 6) is -0.594. The summed E-state index contributed by atoms with van der Waals surface area (Å²) in [5.41, 5.74) is 0.711. The van der Waals surface area contributed by atoms with Crippen LogP contribution in [0, 0.1) is 5.41 Å². The quantitative estimate of drug-likeness (QED) is 0.764. The van der Waals surface area contributed by atoms with Crippen LogP contribution in [0.3, 0.4) is 0 Å². The van der Waals surface area contributed by atoms with Crippen molar-refractivity contribution in [2.75, 3.05) is 13.1 Å². The second-order valence-corrected chi connectivity index (χ2v) is 6.65. The monoisotopic (exact) mass is 339 g/mol. The Balaban J connectivity index is 1.66. The summed E-state index contributed by atoms with van der Waals surface area (Å²) in [6.45, 7) is 2.26. The standard InChI is InChI=1S/C18H17N3O4/c1-18(17(23)24)6-7-21(10-18)16(22)12-9-19-20-15(12)14-8-11-4-2-3-5-13(11)25-14/h2-5,8-9H,6-7,10H2,1H3,(H,19,20)(H,23,24). The van der Waals surface area contributed by atoms with Crippen LogP contribution in [-0.2, 0) is 4.79 Å². The van der Waals surface area contributed by atoms with E-state index in [9.17, 15) is 14.7 Å². The molecule has 1 aliphatic heterocycles. The molecule has 0 radical (unpaired) electrons. The van der Waals surface area contributed by atoms with Gasteiger partial charge < -0.3 is 14.4 Å². The zero-order valence-electron chi connectivity index (χ0n) is 13.7. The normalized spacial score (nSPS) is 20.3. The van der Waals surface area contributed by atoms with Gasteiger partial charge in [0.15, 0.2) is 5.76 Å². The lowest BCUT2D eigenvalue weighted by molar-refractivity contribution is -0.147. The van der Waals surface area contributed by atoms with Crippen molar-refractivity contribution < 1.29 is 19.1 Å². The molecular formula is C18H17N3O4. The summed E-state index contributed by atoms with van der Waals surface area (Å²) in [7, 11) is 0. The van der Waals surface area contributed by atoms with E-state index < -0.39 is 11.4 Å². The van der Waals surface area contributed by atoms with Gasteiger partial charge in [-0.3, -0.25) is 14.7 Å². The molecule has 0 spiro atoms.